The summed E-state index contributed by atoms with van der Waals surface area (Å²) in [5, 5.41) is 19.7. The van der Waals surface area contributed by atoms with Gasteiger partial charge in [0.25, 0.3) is 0 Å². The highest BCUT2D eigenvalue weighted by Crippen LogP contribution is 2.32. The van der Waals surface area contributed by atoms with Gasteiger partial charge in [-0.15, -0.1) is 0 Å². The van der Waals surface area contributed by atoms with E-state index in [0.29, 0.717) is 0 Å². The highest BCUT2D eigenvalue weighted by molar-refractivity contribution is 5.97. The van der Waals surface area contributed by atoms with Gasteiger partial charge in [-0.3, -0.25) is 4.79 Å². The van der Waals surface area contributed by atoms with Crippen LogP contribution in [-0.2, 0) is 20.7 Å². The number of hydrogen-bond donors (Lipinski definition) is 2. The zero-order valence-electron chi connectivity index (χ0n) is 11.7. The van der Waals surface area contributed by atoms with Gasteiger partial charge in [-0.05, 0) is 31.9 Å². The Morgan fingerprint density at radius 3 is 2.40 bits per heavy atom. The molecule has 0 aromatic heterocycles. The molecule has 0 amide bonds. The summed E-state index contributed by atoms with van der Waals surface area (Å²) in [5.74, 6) is -1.24. The summed E-state index contributed by atoms with van der Waals surface area (Å²) in [5.41, 5.74) is 0.341. The van der Waals surface area contributed by atoms with Crippen molar-refractivity contribution in [2.75, 3.05) is 14.2 Å². The Labute approximate surface area is 116 Å². The first kappa shape index (κ1) is 16.0. The molecule has 6 nitrogen and oxygen atoms in total. The van der Waals surface area contributed by atoms with E-state index in [1.807, 2.05) is 0 Å². The van der Waals surface area contributed by atoms with Crippen LogP contribution in [0, 0.1) is 0 Å². The van der Waals surface area contributed by atoms with Crippen LogP contribution in [0.5, 0.6) is 11.5 Å². The van der Waals surface area contributed by atoms with Gasteiger partial charge < -0.3 is 19.7 Å². The van der Waals surface area contributed by atoms with E-state index in [0.717, 1.165) is 0 Å². The normalized spacial score (nSPS) is 11.9. The Balaban J connectivity index is 2.95. The minimum Gasteiger partial charge on any atom is -0.508 e. The van der Waals surface area contributed by atoms with Crippen LogP contribution < -0.4 is 0 Å². The highest BCUT2D eigenvalue weighted by atomic mass is 16.6. The summed E-state index contributed by atoms with van der Waals surface area (Å²) in [6.45, 7) is 1.32. The molecule has 0 radical (unpaired) electrons. The molecule has 0 spiro atoms. The molecule has 0 fully saturated rings. The minimum absolute atomic E-state index is 0.129. The second kappa shape index (κ2) is 6.91. The van der Waals surface area contributed by atoms with Crippen molar-refractivity contribution in [2.24, 2.45) is 0 Å². The number of rotatable bonds is 6. The lowest BCUT2D eigenvalue weighted by Gasteiger charge is -2.14. The number of ether oxygens (including phenoxy) is 2. The standard InChI is InChI=1S/C14H18O6/c1-8(15)9-4-6-11(16)10(13(9)17)5-7-12(19-2)14(18)20-3/h4,6,12,16-17H,5,7H2,1-3H3. The van der Waals surface area contributed by atoms with Crippen molar-refractivity contribution in [2.45, 2.75) is 25.9 Å². The number of phenolic OH excluding ortho intramolecular Hbond substituents is 2. The van der Waals surface area contributed by atoms with E-state index in [-0.39, 0.29) is 41.3 Å². The predicted octanol–water partition coefficient (Wildman–Crippen LogP) is 1.42. The average Bonchev–Trinajstić information content (AvgIpc) is 2.41. The van der Waals surface area contributed by atoms with Gasteiger partial charge in [0.1, 0.15) is 11.5 Å². The van der Waals surface area contributed by atoms with Gasteiger partial charge in [-0.2, -0.15) is 0 Å². The Kier molecular flexibility index (Phi) is 5.52. The highest BCUT2D eigenvalue weighted by Gasteiger charge is 2.21. The van der Waals surface area contributed by atoms with Crippen LogP contribution in [0.2, 0.25) is 0 Å². The summed E-state index contributed by atoms with van der Waals surface area (Å²) in [7, 11) is 2.62. The van der Waals surface area contributed by atoms with Crippen LogP contribution >= 0.6 is 0 Å². The molecule has 1 atom stereocenters. The zero-order chi connectivity index (χ0) is 15.3. The fourth-order valence-corrected chi connectivity index (χ4v) is 1.90. The zero-order valence-corrected chi connectivity index (χ0v) is 11.7. The van der Waals surface area contributed by atoms with Gasteiger partial charge >= 0.3 is 5.97 Å². The molecule has 0 aliphatic heterocycles. The smallest absolute Gasteiger partial charge is 0.334 e. The van der Waals surface area contributed by atoms with Crippen LogP contribution in [0.1, 0.15) is 29.3 Å². The number of benzene rings is 1. The molecule has 1 aromatic rings. The maximum absolute atomic E-state index is 11.4. The summed E-state index contributed by atoms with van der Waals surface area (Å²) >= 11 is 0. The Hall–Kier alpha value is -2.08. The SMILES string of the molecule is COC(=O)C(CCc1c(O)ccc(C(C)=O)c1O)OC. The molecule has 1 rings (SSSR count). The minimum atomic E-state index is -0.792. The topological polar surface area (TPSA) is 93.1 Å². The van der Waals surface area contributed by atoms with Crippen molar-refractivity contribution >= 4 is 11.8 Å². The fraction of sp³-hybridized carbons (Fsp3) is 0.429. The fourth-order valence-electron chi connectivity index (χ4n) is 1.90. The van der Waals surface area contributed by atoms with Crippen molar-refractivity contribution in [3.05, 3.63) is 23.3 Å². The summed E-state index contributed by atoms with van der Waals surface area (Å²) in [4.78, 5) is 22.7. The van der Waals surface area contributed by atoms with E-state index >= 15 is 0 Å². The molecule has 0 saturated carbocycles. The van der Waals surface area contributed by atoms with Crippen molar-refractivity contribution in [1.29, 1.82) is 0 Å². The number of esters is 1. The number of ketones is 1. The van der Waals surface area contributed by atoms with E-state index in [1.54, 1.807) is 0 Å². The van der Waals surface area contributed by atoms with Gasteiger partial charge in [0.15, 0.2) is 11.9 Å². The Morgan fingerprint density at radius 1 is 1.25 bits per heavy atom. The molecule has 2 N–H and O–H groups in total. The van der Waals surface area contributed by atoms with Crippen molar-refractivity contribution < 1.29 is 29.3 Å². The lowest BCUT2D eigenvalue weighted by Crippen LogP contribution is -2.24. The van der Waals surface area contributed by atoms with Gasteiger partial charge in [0.05, 0.1) is 12.7 Å². The summed E-state index contributed by atoms with van der Waals surface area (Å²) in [6, 6.07) is 2.69. The van der Waals surface area contributed by atoms with Gasteiger partial charge in [-0.1, -0.05) is 0 Å². The van der Waals surface area contributed by atoms with Crippen LogP contribution in [0.15, 0.2) is 12.1 Å². The number of hydrogen-bond acceptors (Lipinski definition) is 6. The molecule has 0 aliphatic carbocycles. The second-order valence-electron chi connectivity index (χ2n) is 4.30. The Morgan fingerprint density at radius 2 is 1.90 bits per heavy atom. The number of methoxy groups -OCH3 is 2. The summed E-state index contributed by atoms with van der Waals surface area (Å²) < 4.78 is 9.55. The third kappa shape index (κ3) is 3.48. The molecular weight excluding hydrogens is 264 g/mol. The van der Waals surface area contributed by atoms with E-state index in [9.17, 15) is 19.8 Å². The lowest BCUT2D eigenvalue weighted by molar-refractivity contribution is -0.152. The van der Waals surface area contributed by atoms with Gasteiger partial charge in [-0.25, -0.2) is 4.79 Å². The van der Waals surface area contributed by atoms with Crippen LogP contribution in [-0.4, -0.2) is 42.3 Å². The molecular formula is C14H18O6. The van der Waals surface area contributed by atoms with Gasteiger partial charge in [0.2, 0.25) is 0 Å². The molecule has 20 heavy (non-hydrogen) atoms. The largest absolute Gasteiger partial charge is 0.508 e. The van der Waals surface area contributed by atoms with Crippen molar-refractivity contribution in [1.82, 2.24) is 0 Å². The van der Waals surface area contributed by atoms with Crippen LogP contribution in [0.4, 0.5) is 0 Å². The molecule has 110 valence electrons. The van der Waals surface area contributed by atoms with E-state index < -0.39 is 12.1 Å². The number of aromatic hydroxyl groups is 2. The molecule has 0 aliphatic rings. The second-order valence-corrected chi connectivity index (χ2v) is 4.30. The first-order valence-electron chi connectivity index (χ1n) is 6.07. The Bertz CT molecular complexity index is 509. The molecule has 1 unspecified atom stereocenters. The molecule has 0 heterocycles. The van der Waals surface area contributed by atoms with Gasteiger partial charge in [0, 0.05) is 12.7 Å². The van der Waals surface area contributed by atoms with E-state index in [2.05, 4.69) is 4.74 Å². The van der Waals surface area contributed by atoms with E-state index in [1.165, 1.54) is 33.3 Å². The third-order valence-corrected chi connectivity index (χ3v) is 3.04. The number of carbonyl (C=O) groups excluding carboxylic acids is 2. The third-order valence-electron chi connectivity index (χ3n) is 3.04. The summed E-state index contributed by atoms with van der Waals surface area (Å²) in [6.07, 6.45) is -0.405. The quantitative estimate of drug-likeness (QED) is 0.605. The predicted molar refractivity (Wildman–Crippen MR) is 70.9 cm³/mol. The van der Waals surface area contributed by atoms with Crippen LogP contribution in [0.3, 0.4) is 0 Å². The number of Topliss-reactive ketones (excluding diaryl/α,β-unsaturated/α-hetero) is 1. The molecule has 6 heteroatoms. The van der Waals surface area contributed by atoms with Crippen LogP contribution in [0.25, 0.3) is 0 Å². The maximum Gasteiger partial charge on any atom is 0.334 e. The monoisotopic (exact) mass is 282 g/mol. The lowest BCUT2D eigenvalue weighted by atomic mass is 9.99. The average molecular weight is 282 g/mol. The van der Waals surface area contributed by atoms with Crippen molar-refractivity contribution in [3.63, 3.8) is 0 Å². The first-order chi connectivity index (χ1) is 9.42. The maximum atomic E-state index is 11.4. The van der Waals surface area contributed by atoms with E-state index in [4.69, 9.17) is 4.74 Å². The molecule has 1 aromatic carbocycles. The molecule has 0 bridgehead atoms. The van der Waals surface area contributed by atoms with Crippen molar-refractivity contribution in [3.8, 4) is 11.5 Å². The number of carbonyl (C=O) groups is 2. The first-order valence-corrected chi connectivity index (χ1v) is 6.07. The molecule has 0 saturated heterocycles. The number of phenols is 2.